The zero-order chi connectivity index (χ0) is 95.2. The molecule has 3 aliphatic rings. The van der Waals surface area contributed by atoms with Gasteiger partial charge < -0.3 is 32.6 Å². The average Bonchev–Trinajstić information content (AvgIpc) is 1.54. The van der Waals surface area contributed by atoms with E-state index < -0.39 is 25.1 Å². The summed E-state index contributed by atoms with van der Waals surface area (Å²) in [4.78, 5) is 40.0. The summed E-state index contributed by atoms with van der Waals surface area (Å²) < 4.78 is 30.7. The first kappa shape index (κ1) is 89.2. The summed E-state index contributed by atoms with van der Waals surface area (Å²) in [5, 5.41) is 24.8. The Morgan fingerprint density at radius 1 is 0.236 bits per heavy atom. The monoisotopic (exact) mass is 1880 g/mol. The highest BCUT2D eigenvalue weighted by Gasteiger charge is 2.53. The second-order valence-corrected chi connectivity index (χ2v) is 36.4. The Kier molecular flexibility index (Phi) is 23.9. The van der Waals surface area contributed by atoms with Crippen molar-refractivity contribution in [1.29, 1.82) is 0 Å². The number of nitrogens with zero attached hydrogens (tertiary/aromatic N) is 9. The molecule has 2 N–H and O–H groups in total. The maximum absolute atomic E-state index is 9.07. The normalized spacial score (nSPS) is 13.6. The van der Waals surface area contributed by atoms with Crippen LogP contribution in [0.1, 0.15) is 72.2 Å². The van der Waals surface area contributed by atoms with Crippen molar-refractivity contribution in [2.24, 2.45) is 0 Å². The third-order valence-corrected chi connectivity index (χ3v) is 27.1. The number of benzene rings is 17. The van der Waals surface area contributed by atoms with Crippen LogP contribution < -0.4 is 10.9 Å². The number of para-hydroxylation sites is 3. The number of hydrogen-bond donors (Lipinski definition) is 2. The highest BCUT2D eigenvalue weighted by atomic mass is 35.5. The summed E-state index contributed by atoms with van der Waals surface area (Å²) >= 11 is 17.5. The van der Waals surface area contributed by atoms with E-state index in [-0.39, 0.29) is 27.1 Å². The summed E-state index contributed by atoms with van der Waals surface area (Å²) in [6.45, 7) is 8.41. The molecule has 674 valence electrons. The molecule has 2 aliphatic carbocycles. The van der Waals surface area contributed by atoms with Gasteiger partial charge in [-0.1, -0.05) is 370 Å². The molecule has 7 heterocycles. The number of halogens is 3. The van der Waals surface area contributed by atoms with Gasteiger partial charge in [-0.3, -0.25) is 0 Å². The van der Waals surface area contributed by atoms with Crippen molar-refractivity contribution in [2.75, 3.05) is 0 Å². The van der Waals surface area contributed by atoms with Crippen LogP contribution in [0.25, 0.3) is 156 Å². The lowest BCUT2D eigenvalue weighted by atomic mass is 9.66. The molecular formula is C119H84B2Cl3N9O7. The van der Waals surface area contributed by atoms with Crippen LogP contribution in [-0.2, 0) is 20.1 Å². The van der Waals surface area contributed by atoms with Gasteiger partial charge in [0.05, 0.1) is 22.0 Å². The molecule has 140 heavy (non-hydrogen) atoms. The third-order valence-electron chi connectivity index (χ3n) is 26.6. The SMILES string of the molecule is CC1(C)OB(c2cccc(C3(c4ccccc4)c4ccccc4-c4ccccc43)c2)OC1(C)C.Clc1nc(-c2ccccc2)nc(-c2ccc3c(c2)oc2ccccc23)n1.Clc1nc(Cl)nc(-c2ccccc2)n1.OB(O)c1ccc2c(c1)oc1ccccc12.c1ccc(-c2nc(-c3cccc(C4(c5ccccc5)c5ccccc5-c5ccccc54)c3)nc(-c3ccc4c(c3)oc3ccccc34)n2)cc1. The molecule has 16 nitrogen and oxygen atoms in total. The van der Waals surface area contributed by atoms with Gasteiger partial charge in [0.15, 0.2) is 34.9 Å². The van der Waals surface area contributed by atoms with Crippen molar-refractivity contribution in [3.63, 3.8) is 0 Å². The minimum atomic E-state index is -1.46. The molecule has 0 unspecified atom stereocenters. The minimum absolute atomic E-state index is 0.101. The zero-order valence-corrected chi connectivity index (χ0v) is 78.4. The van der Waals surface area contributed by atoms with Crippen molar-refractivity contribution in [2.45, 2.75) is 49.7 Å². The zero-order valence-electron chi connectivity index (χ0n) is 76.2. The number of rotatable bonds is 12. The predicted molar refractivity (Wildman–Crippen MR) is 562 cm³/mol. The number of aromatic nitrogens is 9. The molecule has 1 saturated heterocycles. The Hall–Kier alpha value is -16.0. The van der Waals surface area contributed by atoms with Crippen LogP contribution in [0.5, 0.6) is 0 Å². The highest BCUT2D eigenvalue weighted by Crippen LogP contribution is 2.58. The van der Waals surface area contributed by atoms with Crippen LogP contribution in [0, 0.1) is 0 Å². The fourth-order valence-corrected chi connectivity index (χ4v) is 20.0. The Morgan fingerprint density at radius 2 is 0.514 bits per heavy atom. The van der Waals surface area contributed by atoms with Gasteiger partial charge in [-0.2, -0.15) is 24.9 Å². The van der Waals surface area contributed by atoms with E-state index in [0.29, 0.717) is 46.0 Å². The van der Waals surface area contributed by atoms with Crippen molar-refractivity contribution in [1.82, 2.24) is 44.9 Å². The van der Waals surface area contributed by atoms with E-state index in [1.54, 1.807) is 12.1 Å². The maximum Gasteiger partial charge on any atom is 0.494 e. The predicted octanol–water partition coefficient (Wildman–Crippen LogP) is 27.4. The Bertz CT molecular complexity index is 8470. The van der Waals surface area contributed by atoms with Crippen LogP contribution in [0.4, 0.5) is 0 Å². The van der Waals surface area contributed by atoms with Crippen LogP contribution in [-0.4, -0.2) is 80.3 Å². The van der Waals surface area contributed by atoms with E-state index in [1.807, 2.05) is 188 Å². The fourth-order valence-electron chi connectivity index (χ4n) is 19.4. The lowest BCUT2D eigenvalue weighted by Crippen LogP contribution is -2.41. The smallest absolute Gasteiger partial charge is 0.456 e. The van der Waals surface area contributed by atoms with E-state index in [9.17, 15) is 0 Å². The topological polar surface area (TPSA) is 214 Å². The summed E-state index contributed by atoms with van der Waals surface area (Å²) in [5.41, 5.74) is 25.0. The first-order valence-corrected chi connectivity index (χ1v) is 47.1. The molecule has 1 aliphatic heterocycles. The second-order valence-electron chi connectivity index (χ2n) is 35.4. The van der Waals surface area contributed by atoms with Gasteiger partial charge >= 0.3 is 14.2 Å². The van der Waals surface area contributed by atoms with E-state index in [1.165, 1.54) is 61.2 Å². The summed E-state index contributed by atoms with van der Waals surface area (Å²) in [5.74, 6) is 3.38. The van der Waals surface area contributed by atoms with Gasteiger partial charge in [-0.05, 0) is 195 Å². The van der Waals surface area contributed by atoms with Crippen molar-refractivity contribution < 1.29 is 32.6 Å². The average molecular weight is 1880 g/mol. The molecule has 0 bridgehead atoms. The van der Waals surface area contributed by atoms with E-state index >= 15 is 0 Å². The van der Waals surface area contributed by atoms with Crippen LogP contribution in [0.2, 0.25) is 15.9 Å². The summed E-state index contributed by atoms with van der Waals surface area (Å²) in [6.07, 6.45) is 0. The van der Waals surface area contributed by atoms with E-state index in [2.05, 4.69) is 282 Å². The molecule has 0 spiro atoms. The molecule has 17 aromatic carbocycles. The van der Waals surface area contributed by atoms with E-state index in [4.69, 9.17) is 82.4 Å². The minimum Gasteiger partial charge on any atom is -0.456 e. The Morgan fingerprint density at radius 3 is 0.914 bits per heavy atom. The molecule has 1 fully saturated rings. The standard InChI is InChI=1S/C46H29N3O.C31H29BO2.C21H12ClN3O.C12H9BO3.C9H5Cl2N3/c1-3-14-30(15-4-1)43-47-44(49-45(48-43)32-26-27-38-37-22-9-12-25-41(37)50-42(38)29-32)31-16-13-19-34(28-31)46(33-17-5-2-6-18-33)39-23-10-7-20-35(39)36-21-8-11-24-40(36)46;1-29(2)30(3,4)34-32(33-29)24-16-12-15-23(21-24)31(22-13-6-5-7-14-22)27-19-10-8-17-25(27)26-18-9-11-20-28(26)31;22-21-24-19(13-6-2-1-3-7-13)23-20(25-21)14-10-11-16-15-8-4-5-9-17(15)26-18(16)12-14;14-13(15)8-5-6-10-9-3-1-2-4-11(9)16-12(10)7-8;10-8-12-7(13-9(11)14-8)6-4-2-1-3-5-6/h1-29H;5-21H,1-4H3;1-12H;1-7,14-15H;1-5H. The quantitative estimate of drug-likeness (QED) is 0.109. The molecule has 6 aromatic heterocycles. The second kappa shape index (κ2) is 37.5. The summed E-state index contributed by atoms with van der Waals surface area (Å²) in [7, 11) is -1.86. The largest absolute Gasteiger partial charge is 0.494 e. The van der Waals surface area contributed by atoms with Gasteiger partial charge in [0.25, 0.3) is 0 Å². The van der Waals surface area contributed by atoms with Gasteiger partial charge in [-0.25, -0.2) is 19.9 Å². The molecule has 0 amide bonds. The van der Waals surface area contributed by atoms with Crippen LogP contribution in [0.15, 0.2) is 438 Å². The van der Waals surface area contributed by atoms with Gasteiger partial charge in [0.1, 0.15) is 33.5 Å². The van der Waals surface area contributed by atoms with Crippen LogP contribution >= 0.6 is 34.8 Å². The molecule has 23 aromatic rings. The molecule has 0 radical (unpaired) electrons. The van der Waals surface area contributed by atoms with Crippen molar-refractivity contribution in [3.8, 4) is 90.6 Å². The van der Waals surface area contributed by atoms with Gasteiger partial charge in [0.2, 0.25) is 15.9 Å². The fraction of sp³-hybridized carbons (Fsp3) is 0.0672. The van der Waals surface area contributed by atoms with Crippen molar-refractivity contribution >= 4 is 126 Å². The number of hydrogen-bond acceptors (Lipinski definition) is 16. The Balaban J connectivity index is 0.000000109. The first-order chi connectivity index (χ1) is 68.4. The first-order valence-electron chi connectivity index (χ1n) is 46.0. The molecular weight excluding hydrogens is 1800 g/mol. The van der Waals surface area contributed by atoms with Gasteiger partial charge in [-0.15, -0.1) is 0 Å². The van der Waals surface area contributed by atoms with Crippen LogP contribution in [0.3, 0.4) is 0 Å². The maximum atomic E-state index is 9.07. The molecule has 21 heteroatoms. The van der Waals surface area contributed by atoms with Crippen molar-refractivity contribution in [3.05, 3.63) is 485 Å². The number of furan rings is 3. The van der Waals surface area contributed by atoms with E-state index in [0.717, 1.165) is 105 Å². The molecule has 0 saturated carbocycles. The molecule has 26 rings (SSSR count). The van der Waals surface area contributed by atoms with Gasteiger partial charge in [0, 0.05) is 65.7 Å². The lowest BCUT2D eigenvalue weighted by molar-refractivity contribution is 0.00578. The summed E-state index contributed by atoms with van der Waals surface area (Å²) in [6, 6.07) is 145. The molecule has 0 atom stereocenters. The number of fused-ring (bicyclic) bond motifs is 15. The highest BCUT2D eigenvalue weighted by molar-refractivity contribution is 6.62. The Labute approximate surface area is 822 Å². The third kappa shape index (κ3) is 16.7. The lowest BCUT2D eigenvalue weighted by Gasteiger charge is -2.34.